The third kappa shape index (κ3) is 4.66. The molecule has 162 valence electrons. The molecule has 1 saturated heterocycles. The average molecular weight is 452 g/mol. The molecule has 1 aromatic carbocycles. The lowest BCUT2D eigenvalue weighted by atomic mass is 9.97. The van der Waals surface area contributed by atoms with E-state index in [1.807, 2.05) is 11.4 Å². The fourth-order valence-electron chi connectivity index (χ4n) is 3.33. The van der Waals surface area contributed by atoms with Crippen molar-refractivity contribution in [3.8, 4) is 5.75 Å². The van der Waals surface area contributed by atoms with Crippen LogP contribution in [0.4, 0.5) is 5.69 Å². The summed E-state index contributed by atoms with van der Waals surface area (Å²) in [4.78, 5) is 27.8. The van der Waals surface area contributed by atoms with Crippen molar-refractivity contribution < 1.29 is 22.7 Å². The first-order chi connectivity index (χ1) is 14.2. The van der Waals surface area contributed by atoms with Gasteiger partial charge in [0.15, 0.2) is 0 Å². The normalized spacial score (nSPS) is 17.1. The van der Waals surface area contributed by atoms with Gasteiger partial charge in [-0.05, 0) is 42.5 Å². The minimum Gasteiger partial charge on any atom is -0.495 e. The molecule has 1 atom stereocenters. The van der Waals surface area contributed by atoms with Crippen LogP contribution in [0.25, 0.3) is 0 Å². The Balaban J connectivity index is 1.75. The van der Waals surface area contributed by atoms with Gasteiger partial charge in [-0.25, -0.2) is 12.7 Å². The Labute approximate surface area is 180 Å². The van der Waals surface area contributed by atoms with E-state index in [1.165, 1.54) is 44.7 Å². The molecule has 2 heterocycles. The van der Waals surface area contributed by atoms with Gasteiger partial charge in [0.05, 0.1) is 17.9 Å². The van der Waals surface area contributed by atoms with Gasteiger partial charge in [0.25, 0.3) is 5.91 Å². The number of thiophene rings is 1. The third-order valence-electron chi connectivity index (χ3n) is 5.00. The second-order valence-corrected chi connectivity index (χ2v) is 10.3. The number of ether oxygens (including phenoxy) is 1. The van der Waals surface area contributed by atoms with E-state index in [0.717, 1.165) is 10.7 Å². The number of methoxy groups -OCH3 is 1. The maximum atomic E-state index is 12.8. The number of hydrogen-bond acceptors (Lipinski definition) is 6. The molecule has 0 saturated carbocycles. The topological polar surface area (TPSA) is 96.0 Å². The third-order valence-corrected chi connectivity index (χ3v) is 7.70. The van der Waals surface area contributed by atoms with Gasteiger partial charge >= 0.3 is 0 Å². The Morgan fingerprint density at radius 3 is 2.67 bits per heavy atom. The van der Waals surface area contributed by atoms with Gasteiger partial charge in [-0.3, -0.25) is 9.59 Å². The molecular formula is C20H25N3O5S2. The van der Waals surface area contributed by atoms with Crippen LogP contribution in [-0.4, -0.2) is 63.7 Å². The fraction of sp³-hybridized carbons (Fsp3) is 0.400. The van der Waals surface area contributed by atoms with Crippen LogP contribution in [0.15, 0.2) is 40.6 Å². The fourth-order valence-corrected chi connectivity index (χ4v) is 5.09. The van der Waals surface area contributed by atoms with Crippen LogP contribution in [0.5, 0.6) is 5.75 Å². The van der Waals surface area contributed by atoms with Crippen molar-refractivity contribution >= 4 is 38.9 Å². The Bertz CT molecular complexity index is 1020. The summed E-state index contributed by atoms with van der Waals surface area (Å²) in [5, 5.41) is 4.65. The molecular weight excluding hydrogens is 426 g/mol. The molecule has 8 nitrogen and oxygen atoms in total. The Hall–Kier alpha value is -2.43. The number of piperidine rings is 1. The number of rotatable bonds is 6. The van der Waals surface area contributed by atoms with Crippen LogP contribution in [0, 0.1) is 5.92 Å². The first-order valence-electron chi connectivity index (χ1n) is 9.48. The van der Waals surface area contributed by atoms with E-state index in [4.69, 9.17) is 4.74 Å². The van der Waals surface area contributed by atoms with E-state index in [1.54, 1.807) is 17.0 Å². The summed E-state index contributed by atoms with van der Waals surface area (Å²) in [5.41, 5.74) is 0.364. The summed E-state index contributed by atoms with van der Waals surface area (Å²) in [6.45, 7) is 0.954. The standard InChI is InChI=1S/C20H25N3O5S2/c1-22(2)30(26,27)18-12-15(8-9-16(18)28-3)21-19(24)14-6-4-10-23(13-14)20(25)17-7-5-11-29-17/h5,7-9,11-12,14H,4,6,10,13H2,1-3H3,(H,21,24)/t14-/m0/s1. The van der Waals surface area contributed by atoms with Crippen molar-refractivity contribution in [3.05, 3.63) is 40.6 Å². The zero-order chi connectivity index (χ0) is 21.9. The molecule has 30 heavy (non-hydrogen) atoms. The van der Waals surface area contributed by atoms with E-state index in [-0.39, 0.29) is 28.4 Å². The van der Waals surface area contributed by atoms with Crippen LogP contribution in [0.3, 0.4) is 0 Å². The molecule has 0 aliphatic carbocycles. The smallest absolute Gasteiger partial charge is 0.263 e. The Morgan fingerprint density at radius 2 is 2.03 bits per heavy atom. The predicted molar refractivity (Wildman–Crippen MR) is 115 cm³/mol. The summed E-state index contributed by atoms with van der Waals surface area (Å²) < 4.78 is 31.4. The quantitative estimate of drug-likeness (QED) is 0.728. The Morgan fingerprint density at radius 1 is 1.27 bits per heavy atom. The summed E-state index contributed by atoms with van der Waals surface area (Å²) in [6.07, 6.45) is 1.40. The van der Waals surface area contributed by atoms with Crippen LogP contribution < -0.4 is 10.1 Å². The number of hydrogen-bond donors (Lipinski definition) is 1. The van der Waals surface area contributed by atoms with Crippen LogP contribution in [0.2, 0.25) is 0 Å². The number of nitrogens with one attached hydrogen (secondary N) is 1. The van der Waals surface area contributed by atoms with E-state index in [9.17, 15) is 18.0 Å². The van der Waals surface area contributed by atoms with Crippen molar-refractivity contribution in [1.82, 2.24) is 9.21 Å². The van der Waals surface area contributed by atoms with Crippen LogP contribution in [-0.2, 0) is 14.8 Å². The molecule has 0 unspecified atom stereocenters. The zero-order valence-corrected chi connectivity index (χ0v) is 18.8. The average Bonchev–Trinajstić information content (AvgIpc) is 3.28. The molecule has 3 rings (SSSR count). The van der Waals surface area contributed by atoms with Gasteiger partial charge < -0.3 is 15.0 Å². The van der Waals surface area contributed by atoms with Gasteiger partial charge in [0, 0.05) is 32.9 Å². The SMILES string of the molecule is COc1ccc(NC(=O)[C@H]2CCCN(C(=O)c3cccs3)C2)cc1S(=O)(=O)N(C)C. The highest BCUT2D eigenvalue weighted by Crippen LogP contribution is 2.29. The van der Waals surface area contributed by atoms with Crippen LogP contribution >= 0.6 is 11.3 Å². The van der Waals surface area contributed by atoms with Crippen molar-refractivity contribution in [2.45, 2.75) is 17.7 Å². The monoisotopic (exact) mass is 451 g/mol. The number of anilines is 1. The summed E-state index contributed by atoms with van der Waals surface area (Å²) >= 11 is 1.38. The first-order valence-corrected chi connectivity index (χ1v) is 11.8. The highest BCUT2D eigenvalue weighted by molar-refractivity contribution is 7.89. The number of sulfonamides is 1. The number of likely N-dealkylation sites (tertiary alicyclic amines) is 1. The molecule has 1 aliphatic heterocycles. The van der Waals surface area contributed by atoms with Crippen molar-refractivity contribution in [1.29, 1.82) is 0 Å². The van der Waals surface area contributed by atoms with Crippen LogP contribution in [0.1, 0.15) is 22.5 Å². The lowest BCUT2D eigenvalue weighted by Crippen LogP contribution is -2.43. The number of amides is 2. The lowest BCUT2D eigenvalue weighted by molar-refractivity contribution is -0.121. The second-order valence-electron chi connectivity index (χ2n) is 7.21. The molecule has 0 spiro atoms. The Kier molecular flexibility index (Phi) is 6.79. The number of carbonyl (C=O) groups excluding carboxylic acids is 2. The number of nitrogens with zero attached hydrogens (tertiary/aromatic N) is 2. The second kappa shape index (κ2) is 9.15. The largest absolute Gasteiger partial charge is 0.495 e. The van der Waals surface area contributed by atoms with Gasteiger partial charge in [-0.1, -0.05) is 6.07 Å². The lowest BCUT2D eigenvalue weighted by Gasteiger charge is -2.31. The zero-order valence-electron chi connectivity index (χ0n) is 17.1. The van der Waals surface area contributed by atoms with Gasteiger partial charge in [0.2, 0.25) is 15.9 Å². The number of carbonyl (C=O) groups is 2. The summed E-state index contributed by atoms with van der Waals surface area (Å²) in [5.74, 6) is -0.464. The predicted octanol–water partition coefficient (Wildman–Crippen LogP) is 2.50. The van der Waals surface area contributed by atoms with E-state index < -0.39 is 10.0 Å². The highest BCUT2D eigenvalue weighted by Gasteiger charge is 2.30. The van der Waals surface area contributed by atoms with E-state index in [0.29, 0.717) is 30.1 Å². The molecule has 1 aromatic heterocycles. The molecule has 1 N–H and O–H groups in total. The van der Waals surface area contributed by atoms with Gasteiger partial charge in [0.1, 0.15) is 10.6 Å². The summed E-state index contributed by atoms with van der Waals surface area (Å²) in [6, 6.07) is 8.11. The molecule has 1 aliphatic rings. The minimum atomic E-state index is -3.74. The first kappa shape index (κ1) is 22.3. The van der Waals surface area contributed by atoms with E-state index >= 15 is 0 Å². The van der Waals surface area contributed by atoms with Gasteiger partial charge in [-0.2, -0.15) is 0 Å². The molecule has 2 amide bonds. The minimum absolute atomic E-state index is 0.0223. The van der Waals surface area contributed by atoms with Gasteiger partial charge in [-0.15, -0.1) is 11.3 Å². The molecule has 10 heteroatoms. The highest BCUT2D eigenvalue weighted by atomic mass is 32.2. The van der Waals surface area contributed by atoms with Crippen molar-refractivity contribution in [2.75, 3.05) is 39.6 Å². The summed E-state index contributed by atoms with van der Waals surface area (Å²) in [7, 11) is 0.513. The number of benzene rings is 1. The molecule has 1 fully saturated rings. The van der Waals surface area contributed by atoms with E-state index in [2.05, 4.69) is 5.32 Å². The van der Waals surface area contributed by atoms with Crippen molar-refractivity contribution in [2.24, 2.45) is 5.92 Å². The maximum Gasteiger partial charge on any atom is 0.263 e. The molecule has 2 aromatic rings. The molecule has 0 bridgehead atoms. The molecule has 0 radical (unpaired) electrons. The van der Waals surface area contributed by atoms with Crippen molar-refractivity contribution in [3.63, 3.8) is 0 Å². The maximum absolute atomic E-state index is 12.8.